The van der Waals surface area contributed by atoms with Crippen molar-refractivity contribution in [3.8, 4) is 0 Å². The fraction of sp³-hybridized carbons (Fsp3) is 0.533. The number of carbonyl (C=O) groups is 1. The van der Waals surface area contributed by atoms with Crippen molar-refractivity contribution in [2.24, 2.45) is 0 Å². The van der Waals surface area contributed by atoms with Crippen molar-refractivity contribution < 1.29 is 18.8 Å². The molecule has 5 heteroatoms. The smallest absolute Gasteiger partial charge is 0.339 e. The third-order valence-electron chi connectivity index (χ3n) is 2.60. The Morgan fingerprint density at radius 3 is 2.20 bits per heavy atom. The van der Waals surface area contributed by atoms with Crippen LogP contribution in [0.25, 0.3) is 0 Å². The van der Waals surface area contributed by atoms with Gasteiger partial charge >= 0.3 is 5.97 Å². The SMILES string of the molecule is CC(C)OC(=O)c1ccccc1[PH](=O)C(C)OC(C)C. The minimum atomic E-state index is -2.22. The molecule has 1 aromatic carbocycles. The molecule has 0 bridgehead atoms. The van der Waals surface area contributed by atoms with Crippen molar-refractivity contribution in [2.45, 2.75) is 52.7 Å². The first-order valence-corrected chi connectivity index (χ1v) is 8.31. The maximum Gasteiger partial charge on any atom is 0.339 e. The quantitative estimate of drug-likeness (QED) is 0.598. The zero-order valence-electron chi connectivity index (χ0n) is 12.7. The Kier molecular flexibility index (Phi) is 6.44. The molecule has 20 heavy (non-hydrogen) atoms. The Morgan fingerprint density at radius 1 is 1.05 bits per heavy atom. The molecule has 0 N–H and O–H groups in total. The first-order chi connectivity index (χ1) is 9.32. The first kappa shape index (κ1) is 16.9. The molecule has 4 nitrogen and oxygen atoms in total. The highest BCUT2D eigenvalue weighted by Gasteiger charge is 2.22. The summed E-state index contributed by atoms with van der Waals surface area (Å²) >= 11 is 0. The van der Waals surface area contributed by atoms with Crippen LogP contribution in [0, 0.1) is 0 Å². The summed E-state index contributed by atoms with van der Waals surface area (Å²) in [7, 11) is -2.22. The van der Waals surface area contributed by atoms with E-state index in [0.29, 0.717) is 10.9 Å². The zero-order chi connectivity index (χ0) is 15.3. The van der Waals surface area contributed by atoms with E-state index in [1.807, 2.05) is 13.8 Å². The number of rotatable bonds is 6. The molecule has 2 atom stereocenters. The van der Waals surface area contributed by atoms with Gasteiger partial charge in [-0.15, -0.1) is 0 Å². The molecule has 0 spiro atoms. The second-order valence-electron chi connectivity index (χ2n) is 5.19. The van der Waals surface area contributed by atoms with Crippen LogP contribution in [0.5, 0.6) is 0 Å². The van der Waals surface area contributed by atoms with Gasteiger partial charge < -0.3 is 14.0 Å². The van der Waals surface area contributed by atoms with Crippen LogP contribution in [-0.4, -0.2) is 24.0 Å². The van der Waals surface area contributed by atoms with Crippen LogP contribution in [0.15, 0.2) is 24.3 Å². The predicted octanol–water partition coefficient (Wildman–Crippen LogP) is 3.21. The highest BCUT2D eigenvalue weighted by molar-refractivity contribution is 7.54. The summed E-state index contributed by atoms with van der Waals surface area (Å²) in [5, 5.41) is 0.524. The topological polar surface area (TPSA) is 52.6 Å². The molecule has 0 aliphatic rings. The molecule has 2 unspecified atom stereocenters. The fourth-order valence-electron chi connectivity index (χ4n) is 1.84. The standard InChI is InChI=1S/C15H23O4P/c1-10(2)18-12(5)20(17)14-9-7-6-8-13(14)15(16)19-11(3)4/h6-12,20H,1-5H3. The molecule has 0 heterocycles. The molecule has 1 aromatic rings. The van der Waals surface area contributed by atoms with E-state index in [0.717, 1.165) is 0 Å². The van der Waals surface area contributed by atoms with E-state index in [2.05, 4.69) is 0 Å². The van der Waals surface area contributed by atoms with Crippen molar-refractivity contribution in [3.05, 3.63) is 29.8 Å². The van der Waals surface area contributed by atoms with Gasteiger partial charge in [-0.05, 0) is 40.7 Å². The van der Waals surface area contributed by atoms with Crippen LogP contribution in [0.3, 0.4) is 0 Å². The summed E-state index contributed by atoms with van der Waals surface area (Å²) in [4.78, 5) is 12.0. The molecular weight excluding hydrogens is 275 g/mol. The van der Waals surface area contributed by atoms with E-state index < -0.39 is 19.6 Å². The first-order valence-electron chi connectivity index (χ1n) is 6.82. The van der Waals surface area contributed by atoms with Gasteiger partial charge in [0.2, 0.25) is 0 Å². The van der Waals surface area contributed by atoms with Crippen molar-refractivity contribution in [3.63, 3.8) is 0 Å². The van der Waals surface area contributed by atoms with Gasteiger partial charge in [-0.25, -0.2) is 4.79 Å². The lowest BCUT2D eigenvalue weighted by Gasteiger charge is -2.18. The maximum absolute atomic E-state index is 12.5. The highest BCUT2D eigenvalue weighted by Crippen LogP contribution is 2.30. The molecule has 0 amide bonds. The van der Waals surface area contributed by atoms with Gasteiger partial charge in [-0.2, -0.15) is 0 Å². The van der Waals surface area contributed by atoms with E-state index in [4.69, 9.17) is 9.47 Å². The number of hydrogen-bond donors (Lipinski definition) is 0. The Labute approximate surface area is 121 Å². The van der Waals surface area contributed by atoms with E-state index in [1.165, 1.54) is 0 Å². The summed E-state index contributed by atoms with van der Waals surface area (Å²) in [6.45, 7) is 9.13. The minimum Gasteiger partial charge on any atom is -0.459 e. The summed E-state index contributed by atoms with van der Waals surface area (Å²) in [5.74, 6) is -0.848. The van der Waals surface area contributed by atoms with Crippen LogP contribution in [0.2, 0.25) is 0 Å². The minimum absolute atomic E-state index is 0.00581. The lowest BCUT2D eigenvalue weighted by atomic mass is 10.2. The van der Waals surface area contributed by atoms with Gasteiger partial charge in [-0.1, -0.05) is 18.2 Å². The van der Waals surface area contributed by atoms with Gasteiger partial charge in [0.15, 0.2) is 0 Å². The van der Waals surface area contributed by atoms with E-state index in [9.17, 15) is 9.36 Å². The number of ether oxygens (including phenoxy) is 2. The zero-order valence-corrected chi connectivity index (χ0v) is 13.7. The molecule has 1 rings (SSSR count). The summed E-state index contributed by atoms with van der Waals surface area (Å²) in [6, 6.07) is 6.86. The van der Waals surface area contributed by atoms with Crippen LogP contribution in [0.1, 0.15) is 45.0 Å². The van der Waals surface area contributed by atoms with Crippen molar-refractivity contribution in [1.82, 2.24) is 0 Å². The molecule has 112 valence electrons. The van der Waals surface area contributed by atoms with Crippen LogP contribution in [0.4, 0.5) is 0 Å². The number of hydrogen-bond acceptors (Lipinski definition) is 4. The Morgan fingerprint density at radius 2 is 1.65 bits per heavy atom. The average molecular weight is 298 g/mol. The lowest BCUT2D eigenvalue weighted by Crippen LogP contribution is -2.21. The van der Waals surface area contributed by atoms with Gasteiger partial charge in [0.1, 0.15) is 13.6 Å². The van der Waals surface area contributed by atoms with Crippen molar-refractivity contribution >= 4 is 19.1 Å². The average Bonchev–Trinajstić information content (AvgIpc) is 2.36. The van der Waals surface area contributed by atoms with E-state index in [1.54, 1.807) is 45.0 Å². The largest absolute Gasteiger partial charge is 0.459 e. The number of benzene rings is 1. The second kappa shape index (κ2) is 7.61. The highest BCUT2D eigenvalue weighted by atomic mass is 31.1. The van der Waals surface area contributed by atoms with Gasteiger partial charge in [-0.3, -0.25) is 0 Å². The van der Waals surface area contributed by atoms with Crippen LogP contribution in [-0.2, 0) is 14.0 Å². The molecule has 0 saturated carbocycles. The van der Waals surface area contributed by atoms with Crippen LogP contribution < -0.4 is 5.30 Å². The predicted molar refractivity (Wildman–Crippen MR) is 81.3 cm³/mol. The fourth-order valence-corrected chi connectivity index (χ4v) is 3.39. The molecule has 0 aliphatic heterocycles. The summed E-state index contributed by atoms with van der Waals surface area (Å²) < 4.78 is 23.3. The monoisotopic (exact) mass is 298 g/mol. The Bertz CT molecular complexity index is 483. The van der Waals surface area contributed by atoms with Crippen LogP contribution >= 0.6 is 7.80 Å². The number of carbonyl (C=O) groups excluding carboxylic acids is 1. The molecule has 0 aliphatic carbocycles. The van der Waals surface area contributed by atoms with E-state index >= 15 is 0 Å². The van der Waals surface area contributed by atoms with Gasteiger partial charge in [0.05, 0.1) is 17.8 Å². The molecule has 0 fully saturated rings. The Balaban J connectivity index is 3.00. The molecule has 0 radical (unpaired) electrons. The van der Waals surface area contributed by atoms with Crippen molar-refractivity contribution in [1.29, 1.82) is 0 Å². The molecule has 0 saturated heterocycles. The normalized spacial score (nSPS) is 14.3. The van der Waals surface area contributed by atoms with Gasteiger partial charge in [0.25, 0.3) is 0 Å². The Hall–Kier alpha value is -1.12. The summed E-state index contributed by atoms with van der Waals surface area (Å²) in [6.07, 6.45) is -0.212. The third kappa shape index (κ3) is 4.77. The van der Waals surface area contributed by atoms with Gasteiger partial charge in [0, 0.05) is 5.30 Å². The second-order valence-corrected chi connectivity index (χ2v) is 7.27. The molecule has 0 aromatic heterocycles. The number of esters is 1. The van der Waals surface area contributed by atoms with Crippen molar-refractivity contribution in [2.75, 3.05) is 0 Å². The molecular formula is C15H23O4P. The maximum atomic E-state index is 12.5. The lowest BCUT2D eigenvalue weighted by molar-refractivity contribution is 0.0379. The van der Waals surface area contributed by atoms with E-state index in [-0.39, 0.29) is 12.2 Å². The third-order valence-corrected chi connectivity index (χ3v) is 4.44. The summed E-state index contributed by atoms with van der Waals surface area (Å²) in [5.41, 5.74) is 0.365.